The van der Waals surface area contributed by atoms with Crippen LogP contribution >= 0.6 is 0 Å². The first-order valence-corrected chi connectivity index (χ1v) is 5.68. The topological polar surface area (TPSA) is 98.2 Å². The van der Waals surface area contributed by atoms with Crippen molar-refractivity contribution in [1.29, 1.82) is 0 Å². The highest BCUT2D eigenvalue weighted by Gasteiger charge is 2.21. The highest BCUT2D eigenvalue weighted by Crippen LogP contribution is 2.11. The molecule has 0 aliphatic heterocycles. The molecule has 0 aromatic carbocycles. The summed E-state index contributed by atoms with van der Waals surface area (Å²) in [7, 11) is 0. The maximum Gasteiger partial charge on any atom is 0.240 e. The van der Waals surface area contributed by atoms with Gasteiger partial charge in [-0.15, -0.1) is 0 Å². The van der Waals surface area contributed by atoms with Gasteiger partial charge in [0.1, 0.15) is 6.04 Å². The van der Waals surface area contributed by atoms with Crippen LogP contribution in [0.15, 0.2) is 0 Å². The molecule has 0 spiro atoms. The van der Waals surface area contributed by atoms with Crippen molar-refractivity contribution in [1.82, 2.24) is 5.32 Å². The first kappa shape index (κ1) is 14.9. The van der Waals surface area contributed by atoms with E-state index in [-0.39, 0.29) is 11.8 Å². The van der Waals surface area contributed by atoms with E-state index in [1.165, 1.54) is 0 Å². The minimum atomic E-state index is -0.646. The maximum atomic E-state index is 11.7. The SMILES string of the molecule is CC(C)C[C@@H](C)C(=O)N[C@@H](CCN)C(N)=O. The van der Waals surface area contributed by atoms with Gasteiger partial charge in [0.2, 0.25) is 11.8 Å². The normalized spacial score (nSPS) is 14.6. The number of carbonyl (C=O) groups is 2. The van der Waals surface area contributed by atoms with Gasteiger partial charge in [-0.1, -0.05) is 20.8 Å². The Hall–Kier alpha value is -1.10. The summed E-state index contributed by atoms with van der Waals surface area (Å²) in [4.78, 5) is 22.7. The van der Waals surface area contributed by atoms with Crippen LogP contribution < -0.4 is 16.8 Å². The molecule has 16 heavy (non-hydrogen) atoms. The smallest absolute Gasteiger partial charge is 0.240 e. The van der Waals surface area contributed by atoms with E-state index in [0.717, 1.165) is 6.42 Å². The zero-order valence-corrected chi connectivity index (χ0v) is 10.3. The Balaban J connectivity index is 4.23. The van der Waals surface area contributed by atoms with Crippen molar-refractivity contribution >= 4 is 11.8 Å². The van der Waals surface area contributed by atoms with E-state index in [1.54, 1.807) is 0 Å². The second-order valence-electron chi connectivity index (χ2n) is 4.57. The number of hydrogen-bond donors (Lipinski definition) is 3. The second kappa shape index (κ2) is 7.22. The van der Waals surface area contributed by atoms with Crippen molar-refractivity contribution in [2.45, 2.75) is 39.7 Å². The molecule has 0 bridgehead atoms. The average Bonchev–Trinajstić information content (AvgIpc) is 2.15. The Morgan fingerprint density at radius 2 is 1.81 bits per heavy atom. The van der Waals surface area contributed by atoms with Crippen molar-refractivity contribution in [2.75, 3.05) is 6.54 Å². The van der Waals surface area contributed by atoms with Gasteiger partial charge in [0.05, 0.1) is 0 Å². The zero-order valence-electron chi connectivity index (χ0n) is 10.3. The fraction of sp³-hybridized carbons (Fsp3) is 0.818. The quantitative estimate of drug-likeness (QED) is 0.572. The van der Waals surface area contributed by atoms with Crippen LogP contribution in [0.1, 0.15) is 33.6 Å². The predicted octanol–water partition coefficient (Wildman–Crippen LogP) is -0.0125. The number of nitrogens with two attached hydrogens (primary N) is 2. The van der Waals surface area contributed by atoms with E-state index >= 15 is 0 Å². The van der Waals surface area contributed by atoms with Crippen LogP contribution in [-0.4, -0.2) is 24.4 Å². The number of nitrogens with one attached hydrogen (secondary N) is 1. The highest BCUT2D eigenvalue weighted by molar-refractivity contribution is 5.87. The Kier molecular flexibility index (Phi) is 6.72. The minimum Gasteiger partial charge on any atom is -0.368 e. The maximum absolute atomic E-state index is 11.7. The van der Waals surface area contributed by atoms with Gasteiger partial charge >= 0.3 is 0 Å². The van der Waals surface area contributed by atoms with E-state index in [2.05, 4.69) is 19.2 Å². The number of hydrogen-bond acceptors (Lipinski definition) is 3. The van der Waals surface area contributed by atoms with E-state index in [4.69, 9.17) is 11.5 Å². The Morgan fingerprint density at radius 1 is 1.25 bits per heavy atom. The molecule has 0 unspecified atom stereocenters. The number of rotatable bonds is 7. The fourth-order valence-electron chi connectivity index (χ4n) is 1.58. The molecule has 0 aliphatic rings. The van der Waals surface area contributed by atoms with Crippen molar-refractivity contribution in [2.24, 2.45) is 23.3 Å². The number of carbonyl (C=O) groups excluding carboxylic acids is 2. The molecule has 0 saturated heterocycles. The van der Waals surface area contributed by atoms with Gasteiger partial charge in [0.25, 0.3) is 0 Å². The monoisotopic (exact) mass is 229 g/mol. The summed E-state index contributed by atoms with van der Waals surface area (Å²) in [5, 5.41) is 2.63. The summed E-state index contributed by atoms with van der Waals surface area (Å²) in [5.41, 5.74) is 10.5. The molecule has 5 N–H and O–H groups in total. The van der Waals surface area contributed by atoms with Gasteiger partial charge in [-0.05, 0) is 25.3 Å². The van der Waals surface area contributed by atoms with Crippen LogP contribution in [0, 0.1) is 11.8 Å². The molecular weight excluding hydrogens is 206 g/mol. The molecule has 0 heterocycles. The van der Waals surface area contributed by atoms with Gasteiger partial charge in [0, 0.05) is 5.92 Å². The fourth-order valence-corrected chi connectivity index (χ4v) is 1.58. The molecule has 5 nitrogen and oxygen atoms in total. The summed E-state index contributed by atoms with van der Waals surface area (Å²) < 4.78 is 0. The lowest BCUT2D eigenvalue weighted by Crippen LogP contribution is -2.47. The second-order valence-corrected chi connectivity index (χ2v) is 4.57. The largest absolute Gasteiger partial charge is 0.368 e. The van der Waals surface area contributed by atoms with Crippen LogP contribution in [0.2, 0.25) is 0 Å². The molecule has 0 aliphatic carbocycles. The summed E-state index contributed by atoms with van der Waals surface area (Å²) in [5.74, 6) is -0.330. The van der Waals surface area contributed by atoms with Crippen LogP contribution in [0.5, 0.6) is 0 Å². The highest BCUT2D eigenvalue weighted by atomic mass is 16.2. The standard InChI is InChI=1S/C11H23N3O2/c1-7(2)6-8(3)11(16)14-9(4-5-12)10(13)15/h7-9H,4-6,12H2,1-3H3,(H2,13,15)(H,14,16)/t8-,9+/m1/s1. The minimum absolute atomic E-state index is 0.111. The Labute approximate surface area is 96.9 Å². The van der Waals surface area contributed by atoms with E-state index < -0.39 is 11.9 Å². The Bertz CT molecular complexity index is 241. The molecular formula is C11H23N3O2. The van der Waals surface area contributed by atoms with Crippen LogP contribution in [0.25, 0.3) is 0 Å². The van der Waals surface area contributed by atoms with Gasteiger partial charge < -0.3 is 16.8 Å². The summed E-state index contributed by atoms with van der Waals surface area (Å²) >= 11 is 0. The molecule has 0 fully saturated rings. The molecule has 0 saturated carbocycles. The van der Waals surface area contributed by atoms with Crippen molar-refractivity contribution in [3.8, 4) is 0 Å². The summed E-state index contributed by atoms with van der Waals surface area (Å²) in [6, 6.07) is -0.646. The van der Waals surface area contributed by atoms with Crippen molar-refractivity contribution < 1.29 is 9.59 Å². The van der Waals surface area contributed by atoms with Gasteiger partial charge in [-0.2, -0.15) is 0 Å². The third-order valence-corrected chi connectivity index (χ3v) is 2.39. The third-order valence-electron chi connectivity index (χ3n) is 2.39. The first-order chi connectivity index (χ1) is 7.38. The summed E-state index contributed by atoms with van der Waals surface area (Å²) in [6.07, 6.45) is 1.18. The van der Waals surface area contributed by atoms with Crippen LogP contribution in [0.4, 0.5) is 0 Å². The number of primary amides is 1. The lowest BCUT2D eigenvalue weighted by atomic mass is 9.97. The average molecular weight is 229 g/mol. The third kappa shape index (κ3) is 5.70. The molecule has 94 valence electrons. The van der Waals surface area contributed by atoms with Crippen LogP contribution in [-0.2, 0) is 9.59 Å². The van der Waals surface area contributed by atoms with Gasteiger partial charge in [0.15, 0.2) is 0 Å². The van der Waals surface area contributed by atoms with Gasteiger partial charge in [-0.3, -0.25) is 9.59 Å². The van der Waals surface area contributed by atoms with E-state index in [1.807, 2.05) is 6.92 Å². The zero-order chi connectivity index (χ0) is 12.7. The molecule has 0 radical (unpaired) electrons. The van der Waals surface area contributed by atoms with E-state index in [9.17, 15) is 9.59 Å². The van der Waals surface area contributed by atoms with E-state index in [0.29, 0.717) is 18.9 Å². The lowest BCUT2D eigenvalue weighted by Gasteiger charge is -2.19. The molecule has 0 aromatic rings. The molecule has 0 rings (SSSR count). The van der Waals surface area contributed by atoms with Crippen LogP contribution in [0.3, 0.4) is 0 Å². The summed E-state index contributed by atoms with van der Waals surface area (Å²) in [6.45, 7) is 6.27. The molecule has 2 amide bonds. The van der Waals surface area contributed by atoms with Gasteiger partial charge in [-0.25, -0.2) is 0 Å². The van der Waals surface area contributed by atoms with Crippen molar-refractivity contribution in [3.63, 3.8) is 0 Å². The number of amides is 2. The van der Waals surface area contributed by atoms with Crippen molar-refractivity contribution in [3.05, 3.63) is 0 Å². The first-order valence-electron chi connectivity index (χ1n) is 5.68. The predicted molar refractivity (Wildman–Crippen MR) is 63.4 cm³/mol. The molecule has 2 atom stereocenters. The Morgan fingerprint density at radius 3 is 2.19 bits per heavy atom. The lowest BCUT2D eigenvalue weighted by molar-refractivity contribution is -0.130. The molecule has 5 heteroatoms. The molecule has 0 aromatic heterocycles.